The summed E-state index contributed by atoms with van der Waals surface area (Å²) in [6.45, 7) is 5.97. The van der Waals surface area contributed by atoms with E-state index in [2.05, 4.69) is 11.9 Å². The van der Waals surface area contributed by atoms with Gasteiger partial charge in [0.25, 0.3) is 5.56 Å². The number of aromatic nitrogens is 2. The molecule has 2 aromatic heterocycles. The molecule has 1 aromatic carbocycles. The molecule has 0 aliphatic heterocycles. The molecule has 0 fully saturated rings. The van der Waals surface area contributed by atoms with Gasteiger partial charge in [0, 0.05) is 11.4 Å². The van der Waals surface area contributed by atoms with Crippen LogP contribution in [0.5, 0.6) is 0 Å². The molecule has 8 heteroatoms. The Hall–Kier alpha value is -2.45. The molecule has 162 valence electrons. The minimum absolute atomic E-state index is 0.0492. The summed E-state index contributed by atoms with van der Waals surface area (Å²) in [5.41, 5.74) is 1.93. The average molecular weight is 458 g/mol. The number of benzene rings is 1. The molecule has 5 nitrogen and oxygen atoms in total. The van der Waals surface area contributed by atoms with Crippen LogP contribution in [0.4, 0.5) is 4.39 Å². The minimum Gasteiger partial charge on any atom is -0.349 e. The molecular formula is C23H24FN3O2S2. The predicted molar refractivity (Wildman–Crippen MR) is 124 cm³/mol. The number of hydrogen-bond acceptors (Lipinski definition) is 5. The summed E-state index contributed by atoms with van der Waals surface area (Å²) >= 11 is 2.85. The van der Waals surface area contributed by atoms with Gasteiger partial charge in [-0.25, -0.2) is 9.37 Å². The summed E-state index contributed by atoms with van der Waals surface area (Å²) in [5, 5.41) is 4.18. The van der Waals surface area contributed by atoms with Gasteiger partial charge < -0.3 is 5.32 Å². The third kappa shape index (κ3) is 4.60. The molecule has 0 bridgehead atoms. The fourth-order valence-corrected chi connectivity index (χ4v) is 5.99. The van der Waals surface area contributed by atoms with Gasteiger partial charge in [0.1, 0.15) is 10.6 Å². The molecule has 3 aromatic rings. The highest BCUT2D eigenvalue weighted by atomic mass is 32.2. The van der Waals surface area contributed by atoms with E-state index < -0.39 is 0 Å². The number of aryl methyl sites for hydroxylation is 2. The van der Waals surface area contributed by atoms with E-state index in [0.717, 1.165) is 47.0 Å². The van der Waals surface area contributed by atoms with E-state index in [4.69, 9.17) is 4.98 Å². The Morgan fingerprint density at radius 3 is 2.84 bits per heavy atom. The van der Waals surface area contributed by atoms with Gasteiger partial charge in [0.2, 0.25) is 5.91 Å². The normalized spacial score (nSPS) is 14.3. The van der Waals surface area contributed by atoms with Crippen molar-refractivity contribution in [2.45, 2.75) is 50.4 Å². The van der Waals surface area contributed by atoms with Crippen LogP contribution < -0.4 is 10.9 Å². The van der Waals surface area contributed by atoms with Crippen LogP contribution in [0.1, 0.15) is 41.8 Å². The maximum Gasteiger partial charge on any atom is 0.263 e. The Morgan fingerprint density at radius 1 is 1.35 bits per heavy atom. The van der Waals surface area contributed by atoms with E-state index in [-0.39, 0.29) is 29.1 Å². The first-order valence-corrected chi connectivity index (χ1v) is 12.1. The van der Waals surface area contributed by atoms with E-state index in [9.17, 15) is 14.0 Å². The molecule has 1 aliphatic carbocycles. The molecule has 0 saturated heterocycles. The summed E-state index contributed by atoms with van der Waals surface area (Å²) in [6.07, 6.45) is 5.85. The third-order valence-corrected chi connectivity index (χ3v) is 7.59. The minimum atomic E-state index is -0.310. The zero-order valence-corrected chi connectivity index (χ0v) is 19.0. The van der Waals surface area contributed by atoms with Gasteiger partial charge in [0.15, 0.2) is 5.16 Å². The molecule has 1 N–H and O–H groups in total. The fourth-order valence-electron chi connectivity index (χ4n) is 3.87. The number of thioether (sulfide) groups is 1. The van der Waals surface area contributed by atoms with Crippen molar-refractivity contribution in [2.75, 3.05) is 5.75 Å². The molecule has 1 amide bonds. The van der Waals surface area contributed by atoms with Crippen molar-refractivity contribution >= 4 is 39.2 Å². The molecule has 0 radical (unpaired) electrons. The van der Waals surface area contributed by atoms with Gasteiger partial charge in [-0.05, 0) is 55.9 Å². The highest BCUT2D eigenvalue weighted by Crippen LogP contribution is 2.34. The van der Waals surface area contributed by atoms with Crippen molar-refractivity contribution in [3.8, 4) is 0 Å². The zero-order chi connectivity index (χ0) is 22.0. The van der Waals surface area contributed by atoms with Crippen molar-refractivity contribution in [1.29, 1.82) is 0 Å². The van der Waals surface area contributed by atoms with Crippen molar-refractivity contribution in [1.82, 2.24) is 14.9 Å². The second-order valence-electron chi connectivity index (χ2n) is 7.62. The number of nitrogens with zero attached hydrogens (tertiary/aromatic N) is 2. The van der Waals surface area contributed by atoms with Crippen molar-refractivity contribution in [3.05, 3.63) is 69.1 Å². The SMILES string of the molecule is C=CCn1c(SCC(=O)NC(C)c2ccc(F)cc2)nc2sc3c(c2c1=O)CCCC3. The lowest BCUT2D eigenvalue weighted by atomic mass is 9.97. The molecule has 31 heavy (non-hydrogen) atoms. The third-order valence-electron chi connectivity index (χ3n) is 5.43. The molecule has 2 heterocycles. The lowest BCUT2D eigenvalue weighted by Gasteiger charge is -2.15. The van der Waals surface area contributed by atoms with E-state index >= 15 is 0 Å². The summed E-state index contributed by atoms with van der Waals surface area (Å²) in [7, 11) is 0. The molecule has 4 rings (SSSR count). The number of carbonyl (C=O) groups excluding carboxylic acids is 1. The lowest BCUT2D eigenvalue weighted by Crippen LogP contribution is -2.29. The fraction of sp³-hybridized carbons (Fsp3) is 0.348. The number of rotatable bonds is 7. The summed E-state index contributed by atoms with van der Waals surface area (Å²) in [4.78, 5) is 32.5. The molecule has 1 unspecified atom stereocenters. The van der Waals surface area contributed by atoms with Crippen LogP contribution in [-0.4, -0.2) is 21.2 Å². The van der Waals surface area contributed by atoms with Crippen molar-refractivity contribution in [2.24, 2.45) is 0 Å². The second kappa shape index (κ2) is 9.36. The Labute approximate surface area is 188 Å². The number of allylic oxidation sites excluding steroid dienone is 1. The van der Waals surface area contributed by atoms with Crippen LogP contribution in [0, 0.1) is 5.82 Å². The van der Waals surface area contributed by atoms with Gasteiger partial charge in [-0.1, -0.05) is 30.0 Å². The number of carbonyl (C=O) groups is 1. The smallest absolute Gasteiger partial charge is 0.263 e. The van der Waals surface area contributed by atoms with E-state index in [1.807, 2.05) is 6.92 Å². The average Bonchev–Trinajstić information content (AvgIpc) is 3.13. The maximum absolute atomic E-state index is 13.2. The van der Waals surface area contributed by atoms with Crippen LogP contribution in [0.25, 0.3) is 10.2 Å². The molecule has 0 spiro atoms. The van der Waals surface area contributed by atoms with Gasteiger partial charge in [-0.15, -0.1) is 17.9 Å². The largest absolute Gasteiger partial charge is 0.349 e. The maximum atomic E-state index is 13.2. The summed E-state index contributed by atoms with van der Waals surface area (Å²) in [6, 6.07) is 5.82. The number of thiophene rings is 1. The first kappa shape index (κ1) is 21.8. The topological polar surface area (TPSA) is 64.0 Å². The Morgan fingerprint density at radius 2 is 2.10 bits per heavy atom. The van der Waals surface area contributed by atoms with Gasteiger partial charge in [-0.3, -0.25) is 14.2 Å². The quantitative estimate of drug-likeness (QED) is 0.319. The summed E-state index contributed by atoms with van der Waals surface area (Å²) in [5.74, 6) is -0.354. The van der Waals surface area contributed by atoms with Crippen LogP contribution in [0.3, 0.4) is 0 Å². The van der Waals surface area contributed by atoms with Gasteiger partial charge >= 0.3 is 0 Å². The molecule has 0 saturated carbocycles. The van der Waals surface area contributed by atoms with Crippen molar-refractivity contribution in [3.63, 3.8) is 0 Å². The van der Waals surface area contributed by atoms with Crippen LogP contribution >= 0.6 is 23.1 Å². The Balaban J connectivity index is 1.54. The zero-order valence-electron chi connectivity index (χ0n) is 17.3. The first-order chi connectivity index (χ1) is 15.0. The van der Waals surface area contributed by atoms with E-state index in [1.165, 1.54) is 28.8 Å². The standard InChI is InChI=1S/C23H24FN3O2S2/c1-3-12-27-22(29)20-17-6-4-5-7-18(17)31-21(20)26-23(27)30-13-19(28)25-14(2)15-8-10-16(24)11-9-15/h3,8-11,14H,1,4-7,12-13H2,2H3,(H,25,28). The first-order valence-electron chi connectivity index (χ1n) is 10.3. The number of hydrogen-bond donors (Lipinski definition) is 1. The molecular weight excluding hydrogens is 433 g/mol. The highest BCUT2D eigenvalue weighted by Gasteiger charge is 2.22. The lowest BCUT2D eigenvalue weighted by molar-refractivity contribution is -0.119. The molecule has 1 atom stereocenters. The monoisotopic (exact) mass is 457 g/mol. The number of amides is 1. The van der Waals surface area contributed by atoms with Crippen LogP contribution in [-0.2, 0) is 24.2 Å². The van der Waals surface area contributed by atoms with Gasteiger partial charge in [0.05, 0.1) is 17.2 Å². The number of nitrogens with one attached hydrogen (secondary N) is 1. The molecule has 1 aliphatic rings. The predicted octanol–water partition coefficient (Wildman–Crippen LogP) is 4.63. The highest BCUT2D eigenvalue weighted by molar-refractivity contribution is 7.99. The van der Waals surface area contributed by atoms with Crippen LogP contribution in [0.15, 0.2) is 46.9 Å². The Bertz CT molecular complexity index is 1180. The summed E-state index contributed by atoms with van der Waals surface area (Å²) < 4.78 is 14.7. The van der Waals surface area contributed by atoms with Crippen molar-refractivity contribution < 1.29 is 9.18 Å². The second-order valence-corrected chi connectivity index (χ2v) is 9.65. The van der Waals surface area contributed by atoms with E-state index in [0.29, 0.717) is 11.7 Å². The number of halogens is 1. The van der Waals surface area contributed by atoms with Gasteiger partial charge in [-0.2, -0.15) is 0 Å². The number of fused-ring (bicyclic) bond motifs is 3. The van der Waals surface area contributed by atoms with E-state index in [1.54, 1.807) is 34.1 Å². The Kier molecular flexibility index (Phi) is 6.57. The van der Waals surface area contributed by atoms with Crippen LogP contribution in [0.2, 0.25) is 0 Å².